The van der Waals surface area contributed by atoms with Crippen LogP contribution >= 0.6 is 0 Å². The van der Waals surface area contributed by atoms with Gasteiger partial charge in [0, 0.05) is 24.3 Å². The number of para-hydroxylation sites is 2. The van der Waals surface area contributed by atoms with Crippen LogP contribution in [0.3, 0.4) is 0 Å². The van der Waals surface area contributed by atoms with Crippen LogP contribution < -0.4 is 9.47 Å². The minimum absolute atomic E-state index is 0.287. The zero-order valence-corrected chi connectivity index (χ0v) is 18.2. The van der Waals surface area contributed by atoms with E-state index >= 15 is 0 Å². The maximum absolute atomic E-state index is 8.85. The van der Waals surface area contributed by atoms with Crippen LogP contribution in [-0.2, 0) is 0 Å². The Morgan fingerprint density at radius 1 is 0.467 bits per heavy atom. The molecular formula is C26H38O4. The van der Waals surface area contributed by atoms with Gasteiger partial charge in [0.25, 0.3) is 0 Å². The highest BCUT2D eigenvalue weighted by Gasteiger charge is 2.11. The van der Waals surface area contributed by atoms with E-state index in [-0.39, 0.29) is 13.2 Å². The van der Waals surface area contributed by atoms with E-state index < -0.39 is 0 Å². The first-order valence-corrected chi connectivity index (χ1v) is 11.5. The molecule has 0 fully saturated rings. The molecule has 2 N–H and O–H groups in total. The number of aliphatic hydroxyl groups is 2. The van der Waals surface area contributed by atoms with Crippen molar-refractivity contribution < 1.29 is 19.7 Å². The summed E-state index contributed by atoms with van der Waals surface area (Å²) in [6.45, 7) is 1.98. The second-order valence-corrected chi connectivity index (χ2v) is 7.67. The Balaban J connectivity index is 1.87. The van der Waals surface area contributed by atoms with E-state index in [1.165, 1.54) is 0 Å². The van der Waals surface area contributed by atoms with Crippen LogP contribution in [0.1, 0.15) is 64.2 Å². The van der Waals surface area contributed by atoms with Gasteiger partial charge in [-0.3, -0.25) is 0 Å². The van der Waals surface area contributed by atoms with Crippen molar-refractivity contribution in [3.63, 3.8) is 0 Å². The second-order valence-electron chi connectivity index (χ2n) is 7.67. The fourth-order valence-corrected chi connectivity index (χ4v) is 3.48. The van der Waals surface area contributed by atoms with Crippen molar-refractivity contribution in [2.24, 2.45) is 0 Å². The molecule has 4 heteroatoms. The molecule has 0 aliphatic rings. The molecule has 0 aliphatic carbocycles. The molecule has 0 saturated carbocycles. The van der Waals surface area contributed by atoms with Crippen molar-refractivity contribution in [3.8, 4) is 22.6 Å². The molecule has 0 amide bonds. The van der Waals surface area contributed by atoms with Crippen LogP contribution in [-0.4, -0.2) is 36.6 Å². The van der Waals surface area contributed by atoms with Crippen LogP contribution in [0.5, 0.6) is 11.5 Å². The van der Waals surface area contributed by atoms with Gasteiger partial charge >= 0.3 is 0 Å². The van der Waals surface area contributed by atoms with E-state index in [4.69, 9.17) is 19.7 Å². The highest BCUT2D eigenvalue weighted by molar-refractivity contribution is 5.75. The molecule has 2 aromatic rings. The van der Waals surface area contributed by atoms with Crippen molar-refractivity contribution in [1.82, 2.24) is 0 Å². The lowest BCUT2D eigenvalue weighted by molar-refractivity contribution is 0.277. The van der Waals surface area contributed by atoms with Gasteiger partial charge in [-0.25, -0.2) is 0 Å². The molecule has 2 rings (SSSR count). The maximum atomic E-state index is 8.85. The summed E-state index contributed by atoms with van der Waals surface area (Å²) >= 11 is 0. The summed E-state index contributed by atoms with van der Waals surface area (Å²) in [6, 6.07) is 16.3. The molecule has 166 valence electrons. The highest BCUT2D eigenvalue weighted by atomic mass is 16.5. The van der Waals surface area contributed by atoms with Crippen LogP contribution in [0.2, 0.25) is 0 Å². The summed E-state index contributed by atoms with van der Waals surface area (Å²) in [5, 5.41) is 17.7. The third-order valence-electron chi connectivity index (χ3n) is 5.18. The normalized spacial score (nSPS) is 10.9. The minimum Gasteiger partial charge on any atom is -0.493 e. The van der Waals surface area contributed by atoms with Gasteiger partial charge in [-0.2, -0.15) is 0 Å². The van der Waals surface area contributed by atoms with E-state index in [0.717, 1.165) is 86.8 Å². The molecule has 0 aromatic heterocycles. The molecule has 0 radical (unpaired) electrons. The van der Waals surface area contributed by atoms with Crippen LogP contribution in [0, 0.1) is 0 Å². The standard InChI is InChI=1S/C26H38O4/c27-19-11-3-1-5-13-21-29-25-17-9-7-15-23(25)24-16-8-10-18-26(24)30-22-14-6-2-4-12-20-28/h7-10,15-18,27-28H,1-6,11-14,19-22H2. The van der Waals surface area contributed by atoms with E-state index in [1.807, 2.05) is 36.4 Å². The average Bonchev–Trinajstić information content (AvgIpc) is 2.78. The number of benzene rings is 2. The zero-order valence-electron chi connectivity index (χ0n) is 18.2. The first-order chi connectivity index (χ1) is 14.9. The Bertz CT molecular complexity index is 627. The van der Waals surface area contributed by atoms with E-state index in [2.05, 4.69) is 12.1 Å². The SMILES string of the molecule is OCCCCCCCOc1ccccc1-c1ccccc1OCCCCCCCO. The fraction of sp³-hybridized carbons (Fsp3) is 0.538. The Morgan fingerprint density at radius 3 is 1.27 bits per heavy atom. The summed E-state index contributed by atoms with van der Waals surface area (Å²) in [7, 11) is 0. The Morgan fingerprint density at radius 2 is 0.833 bits per heavy atom. The summed E-state index contributed by atoms with van der Waals surface area (Å²) in [5.41, 5.74) is 2.13. The molecule has 4 nitrogen and oxygen atoms in total. The summed E-state index contributed by atoms with van der Waals surface area (Å²) < 4.78 is 12.2. The van der Waals surface area contributed by atoms with Gasteiger partial charge in [-0.15, -0.1) is 0 Å². The van der Waals surface area contributed by atoms with Gasteiger partial charge in [-0.1, -0.05) is 74.9 Å². The van der Waals surface area contributed by atoms with Crippen molar-refractivity contribution in [2.45, 2.75) is 64.2 Å². The third-order valence-corrected chi connectivity index (χ3v) is 5.18. The fourth-order valence-electron chi connectivity index (χ4n) is 3.48. The van der Waals surface area contributed by atoms with Gasteiger partial charge in [-0.05, 0) is 37.8 Å². The van der Waals surface area contributed by atoms with Gasteiger partial charge in [0.2, 0.25) is 0 Å². The lowest BCUT2D eigenvalue weighted by Gasteiger charge is -2.15. The summed E-state index contributed by atoms with van der Waals surface area (Å²) in [4.78, 5) is 0. The molecular weight excluding hydrogens is 376 g/mol. The van der Waals surface area contributed by atoms with E-state index in [0.29, 0.717) is 13.2 Å². The van der Waals surface area contributed by atoms with Gasteiger partial charge < -0.3 is 19.7 Å². The molecule has 0 heterocycles. The molecule has 2 aromatic carbocycles. The average molecular weight is 415 g/mol. The zero-order chi connectivity index (χ0) is 21.3. The third kappa shape index (κ3) is 9.19. The van der Waals surface area contributed by atoms with Gasteiger partial charge in [0.15, 0.2) is 0 Å². The van der Waals surface area contributed by atoms with Crippen LogP contribution in [0.25, 0.3) is 11.1 Å². The number of hydrogen-bond acceptors (Lipinski definition) is 4. The molecule has 0 bridgehead atoms. The predicted octanol–water partition coefficient (Wildman–Crippen LogP) is 6.00. The largest absolute Gasteiger partial charge is 0.493 e. The van der Waals surface area contributed by atoms with Crippen LogP contribution in [0.15, 0.2) is 48.5 Å². The summed E-state index contributed by atoms with van der Waals surface area (Å²) in [6.07, 6.45) is 10.5. The molecule has 0 spiro atoms. The first-order valence-electron chi connectivity index (χ1n) is 11.5. The maximum Gasteiger partial charge on any atom is 0.127 e. The van der Waals surface area contributed by atoms with Gasteiger partial charge in [0.1, 0.15) is 11.5 Å². The lowest BCUT2D eigenvalue weighted by Crippen LogP contribution is -2.01. The predicted molar refractivity (Wildman–Crippen MR) is 123 cm³/mol. The van der Waals surface area contributed by atoms with Gasteiger partial charge in [0.05, 0.1) is 13.2 Å². The summed E-state index contributed by atoms with van der Waals surface area (Å²) in [5.74, 6) is 1.79. The minimum atomic E-state index is 0.287. The molecule has 30 heavy (non-hydrogen) atoms. The Kier molecular flexibility index (Phi) is 12.7. The second kappa shape index (κ2) is 15.8. The molecule has 0 aliphatic heterocycles. The smallest absolute Gasteiger partial charge is 0.127 e. The quantitative estimate of drug-likeness (QED) is 0.312. The number of aliphatic hydroxyl groups excluding tert-OH is 2. The lowest BCUT2D eigenvalue weighted by atomic mass is 10.0. The van der Waals surface area contributed by atoms with E-state index in [9.17, 15) is 0 Å². The van der Waals surface area contributed by atoms with Crippen LogP contribution in [0.4, 0.5) is 0 Å². The van der Waals surface area contributed by atoms with Crippen molar-refractivity contribution in [2.75, 3.05) is 26.4 Å². The molecule has 0 atom stereocenters. The first kappa shape index (κ1) is 24.2. The van der Waals surface area contributed by atoms with Crippen molar-refractivity contribution in [1.29, 1.82) is 0 Å². The highest BCUT2D eigenvalue weighted by Crippen LogP contribution is 2.36. The van der Waals surface area contributed by atoms with Crippen molar-refractivity contribution in [3.05, 3.63) is 48.5 Å². The topological polar surface area (TPSA) is 58.9 Å². The van der Waals surface area contributed by atoms with Crippen molar-refractivity contribution >= 4 is 0 Å². The number of unbranched alkanes of at least 4 members (excludes halogenated alkanes) is 8. The Hall–Kier alpha value is -2.04. The number of hydrogen-bond donors (Lipinski definition) is 2. The van der Waals surface area contributed by atoms with E-state index in [1.54, 1.807) is 0 Å². The Labute approximate surface area is 181 Å². The monoisotopic (exact) mass is 414 g/mol. The number of rotatable bonds is 17. The molecule has 0 saturated heterocycles. The molecule has 0 unspecified atom stereocenters. The number of ether oxygens (including phenoxy) is 2.